The predicted molar refractivity (Wildman–Crippen MR) is 42.8 cm³/mol. The van der Waals surface area contributed by atoms with Gasteiger partial charge < -0.3 is 4.57 Å². The Kier molecular flexibility index (Phi) is 1.34. The van der Waals surface area contributed by atoms with E-state index in [9.17, 15) is 0 Å². The number of nitrogens with one attached hydrogen (secondary N) is 1. The van der Waals surface area contributed by atoms with Gasteiger partial charge in [0.25, 0.3) is 0 Å². The van der Waals surface area contributed by atoms with Gasteiger partial charge in [0.2, 0.25) is 5.95 Å². The minimum atomic E-state index is 0.539. The molecule has 0 spiro atoms. The van der Waals surface area contributed by atoms with Crippen molar-refractivity contribution in [2.24, 2.45) is 0 Å². The molecular formula is C6H9N3S. The molecule has 1 N–H and O–H groups in total. The Balaban J connectivity index is 2.34. The first-order chi connectivity index (χ1) is 4.92. The Bertz CT molecular complexity index is 233. The Labute approximate surface area is 64.0 Å². The molecule has 1 aliphatic rings. The average molecular weight is 155 g/mol. The molecule has 0 amide bonds. The minimum absolute atomic E-state index is 0.539. The maximum atomic E-state index is 4.13. The molecule has 0 saturated heterocycles. The summed E-state index contributed by atoms with van der Waals surface area (Å²) >= 11 is 1.73. The predicted octanol–water partition coefficient (Wildman–Crippen LogP) is 1.87. The van der Waals surface area contributed by atoms with Crippen LogP contribution in [-0.4, -0.2) is 9.55 Å². The van der Waals surface area contributed by atoms with E-state index in [0.717, 1.165) is 12.4 Å². The summed E-state index contributed by atoms with van der Waals surface area (Å²) in [5, 5.41) is 0.539. The van der Waals surface area contributed by atoms with Crippen LogP contribution in [0.15, 0.2) is 12.4 Å². The molecule has 4 heteroatoms. The monoisotopic (exact) mass is 155 g/mol. The van der Waals surface area contributed by atoms with E-state index >= 15 is 0 Å². The van der Waals surface area contributed by atoms with Crippen molar-refractivity contribution in [3.05, 3.63) is 12.4 Å². The van der Waals surface area contributed by atoms with Crippen LogP contribution in [0.25, 0.3) is 0 Å². The molecule has 10 heavy (non-hydrogen) atoms. The largest absolute Gasteiger partial charge is 0.303 e. The Morgan fingerprint density at radius 2 is 2.80 bits per heavy atom. The number of imidazole rings is 1. The average Bonchev–Trinajstić information content (AvgIpc) is 2.44. The Morgan fingerprint density at radius 3 is 3.60 bits per heavy atom. The molecule has 0 radical (unpaired) electrons. The first-order valence-corrected chi connectivity index (χ1v) is 4.24. The molecule has 0 aromatic carbocycles. The maximum Gasteiger partial charge on any atom is 0.214 e. The molecule has 1 aliphatic heterocycles. The molecule has 0 bridgehead atoms. The van der Waals surface area contributed by atoms with Crippen LogP contribution in [0, 0.1) is 0 Å². The Morgan fingerprint density at radius 1 is 1.90 bits per heavy atom. The zero-order chi connectivity index (χ0) is 6.97. The van der Waals surface area contributed by atoms with Crippen molar-refractivity contribution in [2.45, 2.75) is 18.7 Å². The molecule has 2 heterocycles. The summed E-state index contributed by atoms with van der Waals surface area (Å²) in [5.41, 5.74) is 0. The van der Waals surface area contributed by atoms with E-state index in [4.69, 9.17) is 0 Å². The molecule has 0 saturated carbocycles. The fraction of sp³-hybridized carbons (Fsp3) is 0.500. The molecule has 3 nitrogen and oxygen atoms in total. The molecular weight excluding hydrogens is 146 g/mol. The van der Waals surface area contributed by atoms with Crippen molar-refractivity contribution in [3.8, 4) is 0 Å². The molecule has 0 fully saturated rings. The standard InChI is InChI=1S/C6H9N3S/c1-2-5-9-4-3-7-6(9)8-10-5/h3-5H,2H2,1H3,(H,7,8). The molecule has 0 aliphatic carbocycles. The van der Waals surface area contributed by atoms with Crippen LogP contribution in [0.3, 0.4) is 0 Å². The lowest BCUT2D eigenvalue weighted by Crippen LogP contribution is -1.94. The van der Waals surface area contributed by atoms with Crippen LogP contribution in [0.4, 0.5) is 5.95 Å². The molecule has 1 atom stereocenters. The van der Waals surface area contributed by atoms with E-state index in [0.29, 0.717) is 5.37 Å². The van der Waals surface area contributed by atoms with Gasteiger partial charge in [-0.25, -0.2) is 4.98 Å². The number of aromatic nitrogens is 2. The molecule has 54 valence electrons. The lowest BCUT2D eigenvalue weighted by Gasteiger charge is -2.04. The van der Waals surface area contributed by atoms with E-state index in [-0.39, 0.29) is 0 Å². The van der Waals surface area contributed by atoms with Crippen LogP contribution in [0.2, 0.25) is 0 Å². The summed E-state index contributed by atoms with van der Waals surface area (Å²) in [5.74, 6) is 0.983. The van der Waals surface area contributed by atoms with Crippen molar-refractivity contribution in [1.29, 1.82) is 0 Å². The highest BCUT2D eigenvalue weighted by molar-refractivity contribution is 8.00. The molecule has 1 aromatic heterocycles. The summed E-state index contributed by atoms with van der Waals surface area (Å²) in [6.07, 6.45) is 4.97. The lowest BCUT2D eigenvalue weighted by molar-refractivity contribution is 0.682. The van der Waals surface area contributed by atoms with E-state index in [1.807, 2.05) is 12.4 Å². The van der Waals surface area contributed by atoms with E-state index < -0.39 is 0 Å². The number of hydrogen-bond acceptors (Lipinski definition) is 3. The smallest absolute Gasteiger partial charge is 0.214 e. The summed E-state index contributed by atoms with van der Waals surface area (Å²) < 4.78 is 5.31. The van der Waals surface area contributed by atoms with E-state index in [1.54, 1.807) is 11.9 Å². The quantitative estimate of drug-likeness (QED) is 0.628. The van der Waals surface area contributed by atoms with Crippen LogP contribution >= 0.6 is 11.9 Å². The van der Waals surface area contributed by atoms with Gasteiger partial charge in [-0.3, -0.25) is 4.72 Å². The molecule has 2 rings (SSSR count). The van der Waals surface area contributed by atoms with Crippen molar-refractivity contribution in [2.75, 3.05) is 4.72 Å². The SMILES string of the molecule is CCC1SNc2nccn21. The fourth-order valence-electron chi connectivity index (χ4n) is 1.08. The zero-order valence-corrected chi connectivity index (χ0v) is 6.56. The second-order valence-corrected chi connectivity index (χ2v) is 3.22. The summed E-state index contributed by atoms with van der Waals surface area (Å²) in [7, 11) is 0. The van der Waals surface area contributed by atoms with E-state index in [2.05, 4.69) is 21.2 Å². The van der Waals surface area contributed by atoms with Crippen LogP contribution in [0.5, 0.6) is 0 Å². The van der Waals surface area contributed by atoms with Gasteiger partial charge in [-0.05, 0) is 18.4 Å². The third-order valence-corrected chi connectivity index (χ3v) is 2.75. The number of hydrogen-bond donors (Lipinski definition) is 1. The van der Waals surface area contributed by atoms with Gasteiger partial charge in [0, 0.05) is 12.4 Å². The Hall–Kier alpha value is -0.640. The normalized spacial score (nSPS) is 22.3. The van der Waals surface area contributed by atoms with Crippen LogP contribution in [0.1, 0.15) is 18.7 Å². The van der Waals surface area contributed by atoms with E-state index in [1.165, 1.54) is 0 Å². The number of nitrogens with zero attached hydrogens (tertiary/aromatic N) is 2. The van der Waals surface area contributed by atoms with Crippen LogP contribution < -0.4 is 4.72 Å². The van der Waals surface area contributed by atoms with Gasteiger partial charge in [-0.15, -0.1) is 0 Å². The second-order valence-electron chi connectivity index (χ2n) is 2.24. The summed E-state index contributed by atoms with van der Waals surface area (Å²) in [4.78, 5) is 4.13. The molecule has 1 aromatic rings. The number of rotatable bonds is 1. The minimum Gasteiger partial charge on any atom is -0.303 e. The fourth-order valence-corrected chi connectivity index (χ4v) is 1.93. The number of anilines is 1. The van der Waals surface area contributed by atoms with Gasteiger partial charge in [0.15, 0.2) is 0 Å². The van der Waals surface area contributed by atoms with Gasteiger partial charge in [-0.2, -0.15) is 0 Å². The van der Waals surface area contributed by atoms with Gasteiger partial charge in [0.1, 0.15) is 5.37 Å². The first-order valence-electron chi connectivity index (χ1n) is 3.36. The summed E-state index contributed by atoms with van der Waals surface area (Å²) in [6, 6.07) is 0. The second kappa shape index (κ2) is 2.20. The van der Waals surface area contributed by atoms with Crippen molar-refractivity contribution in [1.82, 2.24) is 9.55 Å². The van der Waals surface area contributed by atoms with Gasteiger partial charge in [0.05, 0.1) is 0 Å². The highest BCUT2D eigenvalue weighted by atomic mass is 32.2. The highest BCUT2D eigenvalue weighted by Crippen LogP contribution is 2.35. The maximum absolute atomic E-state index is 4.13. The molecule has 1 unspecified atom stereocenters. The van der Waals surface area contributed by atoms with Crippen molar-refractivity contribution in [3.63, 3.8) is 0 Å². The van der Waals surface area contributed by atoms with Crippen molar-refractivity contribution < 1.29 is 0 Å². The topological polar surface area (TPSA) is 29.9 Å². The zero-order valence-electron chi connectivity index (χ0n) is 5.74. The summed E-state index contributed by atoms with van der Waals surface area (Å²) in [6.45, 7) is 2.18. The highest BCUT2D eigenvalue weighted by Gasteiger charge is 2.19. The lowest BCUT2D eigenvalue weighted by atomic mass is 10.5. The van der Waals surface area contributed by atoms with Gasteiger partial charge in [-0.1, -0.05) is 6.92 Å². The first kappa shape index (κ1) is 6.09. The third-order valence-electron chi connectivity index (χ3n) is 1.61. The van der Waals surface area contributed by atoms with Crippen molar-refractivity contribution >= 4 is 17.9 Å². The third kappa shape index (κ3) is 0.718. The van der Waals surface area contributed by atoms with Gasteiger partial charge >= 0.3 is 0 Å². The van der Waals surface area contributed by atoms with Crippen LogP contribution in [-0.2, 0) is 0 Å². The number of fused-ring (bicyclic) bond motifs is 1.